The first-order valence-electron chi connectivity index (χ1n) is 7.03. The molecule has 0 saturated heterocycles. The Morgan fingerprint density at radius 1 is 1.14 bits per heavy atom. The van der Waals surface area contributed by atoms with Crippen LogP contribution in [0.1, 0.15) is 16.7 Å². The van der Waals surface area contributed by atoms with Gasteiger partial charge in [-0.1, -0.05) is 18.2 Å². The molecule has 0 atom stereocenters. The smallest absolute Gasteiger partial charge is 0.133 e. The molecule has 0 unspecified atom stereocenters. The molecule has 0 aliphatic carbocycles. The zero-order chi connectivity index (χ0) is 14.7. The second kappa shape index (κ2) is 6.50. The minimum Gasteiger partial charge on any atom is -0.493 e. The lowest BCUT2D eigenvalue weighted by Crippen LogP contribution is -2.02. The summed E-state index contributed by atoms with van der Waals surface area (Å²) in [6, 6.07) is 12.0. The first-order chi connectivity index (χ1) is 10.3. The molecule has 3 rings (SSSR count). The molecule has 3 nitrogen and oxygen atoms in total. The van der Waals surface area contributed by atoms with Crippen molar-refractivity contribution in [2.75, 3.05) is 13.2 Å². The van der Waals surface area contributed by atoms with Gasteiger partial charge in [-0.2, -0.15) is 0 Å². The Morgan fingerprint density at radius 3 is 2.81 bits per heavy atom. The molecular weight excluding hydrogens is 332 g/mol. The van der Waals surface area contributed by atoms with Gasteiger partial charge in [0.1, 0.15) is 11.5 Å². The minimum absolute atomic E-state index is 0.0378. The predicted molar refractivity (Wildman–Crippen MR) is 84.9 cm³/mol. The van der Waals surface area contributed by atoms with Crippen molar-refractivity contribution in [2.45, 2.75) is 19.4 Å². The normalized spacial score (nSPS) is 12.9. The third-order valence-corrected chi connectivity index (χ3v) is 4.20. The zero-order valence-electron chi connectivity index (χ0n) is 11.6. The van der Waals surface area contributed by atoms with Crippen LogP contribution in [0.3, 0.4) is 0 Å². The minimum atomic E-state index is 0.0378. The molecule has 0 saturated carbocycles. The summed E-state index contributed by atoms with van der Waals surface area (Å²) < 4.78 is 12.2. The van der Waals surface area contributed by atoms with E-state index in [0.29, 0.717) is 6.61 Å². The molecule has 110 valence electrons. The quantitative estimate of drug-likeness (QED) is 0.898. The first-order valence-corrected chi connectivity index (χ1v) is 7.82. The summed E-state index contributed by atoms with van der Waals surface area (Å²) in [5.41, 5.74) is 3.43. The standard InChI is InChI=1S/C17H17BrO3/c18-15-10-13(11-19)2-4-17(15)21-7-5-12-1-3-16-14(9-12)6-8-20-16/h1-4,9-10,19H,5-8,11H2. The van der Waals surface area contributed by atoms with Gasteiger partial charge in [-0.3, -0.25) is 0 Å². The van der Waals surface area contributed by atoms with Crippen LogP contribution in [-0.4, -0.2) is 18.3 Å². The van der Waals surface area contributed by atoms with Crippen LogP contribution >= 0.6 is 15.9 Å². The van der Waals surface area contributed by atoms with E-state index >= 15 is 0 Å². The van der Waals surface area contributed by atoms with Crippen molar-refractivity contribution in [1.82, 2.24) is 0 Å². The third-order valence-electron chi connectivity index (χ3n) is 3.58. The van der Waals surface area contributed by atoms with Crippen molar-refractivity contribution in [2.24, 2.45) is 0 Å². The molecule has 0 spiro atoms. The monoisotopic (exact) mass is 348 g/mol. The van der Waals surface area contributed by atoms with Crippen LogP contribution in [0.5, 0.6) is 11.5 Å². The average molecular weight is 349 g/mol. The molecule has 1 N–H and O–H groups in total. The fourth-order valence-electron chi connectivity index (χ4n) is 2.43. The van der Waals surface area contributed by atoms with Crippen molar-refractivity contribution in [1.29, 1.82) is 0 Å². The number of benzene rings is 2. The molecule has 0 radical (unpaired) electrons. The number of hydrogen-bond acceptors (Lipinski definition) is 3. The number of hydrogen-bond donors (Lipinski definition) is 1. The number of aliphatic hydroxyl groups is 1. The Morgan fingerprint density at radius 2 is 2.00 bits per heavy atom. The number of aliphatic hydroxyl groups excluding tert-OH is 1. The molecule has 4 heteroatoms. The van der Waals surface area contributed by atoms with Gasteiger partial charge in [0.15, 0.2) is 0 Å². The van der Waals surface area contributed by atoms with Crippen molar-refractivity contribution in [3.05, 3.63) is 57.6 Å². The van der Waals surface area contributed by atoms with Crippen molar-refractivity contribution in [3.8, 4) is 11.5 Å². The van der Waals surface area contributed by atoms with E-state index in [1.165, 1.54) is 11.1 Å². The lowest BCUT2D eigenvalue weighted by Gasteiger charge is -2.10. The van der Waals surface area contributed by atoms with Gasteiger partial charge in [-0.25, -0.2) is 0 Å². The van der Waals surface area contributed by atoms with Crippen LogP contribution < -0.4 is 9.47 Å². The van der Waals surface area contributed by atoms with E-state index in [9.17, 15) is 0 Å². The molecular formula is C17H17BrO3. The highest BCUT2D eigenvalue weighted by Crippen LogP contribution is 2.28. The molecule has 1 aliphatic heterocycles. The topological polar surface area (TPSA) is 38.7 Å². The summed E-state index contributed by atoms with van der Waals surface area (Å²) in [5.74, 6) is 1.82. The van der Waals surface area contributed by atoms with Gasteiger partial charge in [0, 0.05) is 12.8 Å². The maximum Gasteiger partial charge on any atom is 0.133 e. The molecule has 21 heavy (non-hydrogen) atoms. The van der Waals surface area contributed by atoms with Crippen molar-refractivity contribution in [3.63, 3.8) is 0 Å². The van der Waals surface area contributed by atoms with Gasteiger partial charge in [0.25, 0.3) is 0 Å². The fraction of sp³-hybridized carbons (Fsp3) is 0.294. The maximum absolute atomic E-state index is 9.08. The van der Waals surface area contributed by atoms with Crippen LogP contribution in [0.2, 0.25) is 0 Å². The second-order valence-electron chi connectivity index (χ2n) is 5.06. The zero-order valence-corrected chi connectivity index (χ0v) is 13.2. The summed E-state index contributed by atoms with van der Waals surface area (Å²) in [6.07, 6.45) is 1.86. The van der Waals surface area contributed by atoms with E-state index in [2.05, 4.69) is 28.1 Å². The Balaban J connectivity index is 1.58. The second-order valence-corrected chi connectivity index (χ2v) is 5.92. The number of rotatable bonds is 5. The van der Waals surface area contributed by atoms with Crippen LogP contribution in [0.15, 0.2) is 40.9 Å². The number of ether oxygens (including phenoxy) is 2. The molecule has 0 fully saturated rings. The van der Waals surface area contributed by atoms with Crippen LogP contribution in [-0.2, 0) is 19.4 Å². The largest absolute Gasteiger partial charge is 0.493 e. The van der Waals surface area contributed by atoms with Gasteiger partial charge in [-0.15, -0.1) is 0 Å². The lowest BCUT2D eigenvalue weighted by atomic mass is 10.1. The van der Waals surface area contributed by atoms with Crippen LogP contribution in [0, 0.1) is 0 Å². The van der Waals surface area contributed by atoms with E-state index in [1.54, 1.807) is 0 Å². The molecule has 0 bridgehead atoms. The lowest BCUT2D eigenvalue weighted by molar-refractivity contribution is 0.281. The Bertz CT molecular complexity index is 640. The molecule has 2 aromatic rings. The molecule has 1 aliphatic rings. The predicted octanol–water partition coefficient (Wildman–Crippen LogP) is 3.50. The maximum atomic E-state index is 9.08. The van der Waals surface area contributed by atoms with E-state index in [-0.39, 0.29) is 6.61 Å². The fourth-order valence-corrected chi connectivity index (χ4v) is 2.97. The Kier molecular flexibility index (Phi) is 4.46. The highest BCUT2D eigenvalue weighted by Gasteiger charge is 2.12. The number of fused-ring (bicyclic) bond motifs is 1. The summed E-state index contributed by atoms with van der Waals surface area (Å²) in [5, 5.41) is 9.08. The summed E-state index contributed by atoms with van der Waals surface area (Å²) in [6.45, 7) is 1.45. The third kappa shape index (κ3) is 3.39. The van der Waals surface area contributed by atoms with E-state index < -0.39 is 0 Å². The van der Waals surface area contributed by atoms with E-state index in [4.69, 9.17) is 14.6 Å². The van der Waals surface area contributed by atoms with Gasteiger partial charge in [-0.05, 0) is 50.8 Å². The van der Waals surface area contributed by atoms with Gasteiger partial charge < -0.3 is 14.6 Å². The van der Waals surface area contributed by atoms with Crippen molar-refractivity contribution >= 4 is 15.9 Å². The highest BCUT2D eigenvalue weighted by atomic mass is 79.9. The van der Waals surface area contributed by atoms with Crippen LogP contribution in [0.25, 0.3) is 0 Å². The first kappa shape index (κ1) is 14.4. The van der Waals surface area contributed by atoms with Gasteiger partial charge >= 0.3 is 0 Å². The average Bonchev–Trinajstić information content (AvgIpc) is 2.96. The molecule has 0 aromatic heterocycles. The Labute approximate surface area is 132 Å². The van der Waals surface area contributed by atoms with Crippen molar-refractivity contribution < 1.29 is 14.6 Å². The number of halogens is 1. The molecule has 0 amide bonds. The molecule has 1 heterocycles. The van der Waals surface area contributed by atoms with E-state index in [1.807, 2.05) is 24.3 Å². The summed E-state index contributed by atoms with van der Waals surface area (Å²) in [7, 11) is 0. The van der Waals surface area contributed by atoms with Gasteiger partial charge in [0.2, 0.25) is 0 Å². The highest BCUT2D eigenvalue weighted by molar-refractivity contribution is 9.10. The van der Waals surface area contributed by atoms with E-state index in [0.717, 1.165) is 41.0 Å². The molecule has 2 aromatic carbocycles. The summed E-state index contributed by atoms with van der Waals surface area (Å²) in [4.78, 5) is 0. The SMILES string of the molecule is OCc1ccc(OCCc2ccc3c(c2)CCO3)c(Br)c1. The van der Waals surface area contributed by atoms with Gasteiger partial charge in [0.05, 0.1) is 24.3 Å². The summed E-state index contributed by atoms with van der Waals surface area (Å²) >= 11 is 3.46. The van der Waals surface area contributed by atoms with Crippen LogP contribution in [0.4, 0.5) is 0 Å². The Hall–Kier alpha value is -1.52.